The lowest BCUT2D eigenvalue weighted by molar-refractivity contribution is 0.882. The maximum atomic E-state index is 8.74. The average Bonchev–Trinajstić information content (AvgIpc) is 2.17. The van der Waals surface area contributed by atoms with Crippen molar-refractivity contribution < 1.29 is 0 Å². The fraction of sp³-hybridized carbons (Fsp3) is 0.455. The number of hydrogen-bond donors (Lipinski definition) is 0. The Morgan fingerprint density at radius 1 is 1.64 bits per heavy atom. The smallest absolute Gasteiger partial charge is 0.0871 e. The molecule has 0 aliphatic rings. The van der Waals surface area contributed by atoms with Crippen molar-refractivity contribution in [3.05, 3.63) is 28.5 Å². The number of aryl methyl sites for hydroxylation is 1. The molecule has 1 unspecified atom stereocenters. The molecule has 0 bridgehead atoms. The van der Waals surface area contributed by atoms with E-state index in [0.29, 0.717) is 10.7 Å². The molecule has 14 heavy (non-hydrogen) atoms. The van der Waals surface area contributed by atoms with Crippen LogP contribution < -0.4 is 0 Å². The molecule has 0 fully saturated rings. The molecule has 1 atom stereocenters. The van der Waals surface area contributed by atoms with Gasteiger partial charge in [-0.1, -0.05) is 24.9 Å². The van der Waals surface area contributed by atoms with Crippen molar-refractivity contribution in [1.82, 2.24) is 4.98 Å². The van der Waals surface area contributed by atoms with E-state index >= 15 is 0 Å². The van der Waals surface area contributed by atoms with Crippen LogP contribution in [-0.2, 0) is 6.42 Å². The first-order chi connectivity index (χ1) is 6.69. The Bertz CT molecular complexity index is 355. The summed E-state index contributed by atoms with van der Waals surface area (Å²) in [7, 11) is 0. The molecule has 0 N–H and O–H groups in total. The van der Waals surface area contributed by atoms with E-state index in [1.807, 2.05) is 6.07 Å². The van der Waals surface area contributed by atoms with E-state index in [0.717, 1.165) is 18.4 Å². The highest BCUT2D eigenvalue weighted by atomic mass is 35.5. The predicted octanol–water partition coefficient (Wildman–Crippen LogP) is 3.31. The van der Waals surface area contributed by atoms with Gasteiger partial charge in [-0.05, 0) is 25.0 Å². The maximum Gasteiger partial charge on any atom is 0.0871 e. The van der Waals surface area contributed by atoms with Crippen LogP contribution in [0.4, 0.5) is 0 Å². The lowest BCUT2D eigenvalue weighted by atomic mass is 10.1. The van der Waals surface area contributed by atoms with Crippen LogP contribution in [0.2, 0.25) is 5.02 Å². The van der Waals surface area contributed by atoms with E-state index in [-0.39, 0.29) is 5.92 Å². The summed E-state index contributed by atoms with van der Waals surface area (Å²) in [5, 5.41) is 9.34. The van der Waals surface area contributed by atoms with Gasteiger partial charge in [0, 0.05) is 6.20 Å². The summed E-state index contributed by atoms with van der Waals surface area (Å²) in [6.07, 6.45) is 3.86. The summed E-state index contributed by atoms with van der Waals surface area (Å²) in [4.78, 5) is 4.21. The van der Waals surface area contributed by atoms with Crippen LogP contribution in [0.15, 0.2) is 12.3 Å². The first-order valence-electron chi connectivity index (χ1n) is 4.73. The fourth-order valence-corrected chi connectivity index (χ4v) is 1.65. The fourth-order valence-electron chi connectivity index (χ4n) is 1.29. The van der Waals surface area contributed by atoms with Crippen molar-refractivity contribution in [2.45, 2.75) is 32.6 Å². The van der Waals surface area contributed by atoms with Crippen LogP contribution in [-0.4, -0.2) is 4.98 Å². The number of pyridine rings is 1. The Kier molecular flexibility index (Phi) is 3.91. The Balaban J connectivity index is 2.96. The van der Waals surface area contributed by atoms with E-state index in [1.54, 1.807) is 13.1 Å². The van der Waals surface area contributed by atoms with E-state index in [2.05, 4.69) is 18.0 Å². The van der Waals surface area contributed by atoms with Crippen LogP contribution >= 0.6 is 11.6 Å². The molecule has 0 saturated carbocycles. The summed E-state index contributed by atoms with van der Waals surface area (Å²) in [6.45, 7) is 3.91. The van der Waals surface area contributed by atoms with Crippen LogP contribution in [0.25, 0.3) is 0 Å². The monoisotopic (exact) mass is 208 g/mol. The summed E-state index contributed by atoms with van der Waals surface area (Å²) < 4.78 is 0. The van der Waals surface area contributed by atoms with Gasteiger partial charge in [0.2, 0.25) is 0 Å². The largest absolute Gasteiger partial charge is 0.258 e. The third kappa shape index (κ3) is 2.46. The maximum absolute atomic E-state index is 8.74. The third-order valence-corrected chi connectivity index (χ3v) is 2.37. The van der Waals surface area contributed by atoms with Crippen LogP contribution in [0.1, 0.15) is 37.4 Å². The van der Waals surface area contributed by atoms with Gasteiger partial charge in [0.05, 0.1) is 22.7 Å². The molecule has 3 heteroatoms. The van der Waals surface area contributed by atoms with E-state index in [1.165, 1.54) is 0 Å². The summed E-state index contributed by atoms with van der Waals surface area (Å²) in [6, 6.07) is 4.03. The van der Waals surface area contributed by atoms with E-state index in [4.69, 9.17) is 16.9 Å². The quantitative estimate of drug-likeness (QED) is 0.764. The van der Waals surface area contributed by atoms with Crippen molar-refractivity contribution in [1.29, 1.82) is 5.26 Å². The molecule has 0 saturated heterocycles. The molecule has 0 aromatic carbocycles. The second kappa shape index (κ2) is 4.97. The second-order valence-electron chi connectivity index (χ2n) is 3.31. The molecular weight excluding hydrogens is 196 g/mol. The molecule has 0 aliphatic heterocycles. The van der Waals surface area contributed by atoms with Crippen molar-refractivity contribution >= 4 is 11.6 Å². The molecule has 0 radical (unpaired) electrons. The number of rotatable bonds is 3. The molecule has 1 heterocycles. The SMILES string of the molecule is CCCc1cnc(C(C)C#N)c(Cl)c1. The lowest BCUT2D eigenvalue weighted by Crippen LogP contribution is -1.97. The highest BCUT2D eigenvalue weighted by molar-refractivity contribution is 6.31. The molecule has 0 spiro atoms. The Morgan fingerprint density at radius 2 is 2.36 bits per heavy atom. The minimum absolute atomic E-state index is 0.238. The van der Waals surface area contributed by atoms with E-state index < -0.39 is 0 Å². The van der Waals surface area contributed by atoms with Crippen LogP contribution in [0, 0.1) is 11.3 Å². The Hall–Kier alpha value is -1.07. The summed E-state index contributed by atoms with van der Waals surface area (Å²) in [5.41, 5.74) is 1.81. The van der Waals surface area contributed by atoms with Crippen molar-refractivity contribution in [3.8, 4) is 6.07 Å². The highest BCUT2D eigenvalue weighted by Crippen LogP contribution is 2.22. The predicted molar refractivity (Wildman–Crippen MR) is 57.3 cm³/mol. The zero-order chi connectivity index (χ0) is 10.6. The van der Waals surface area contributed by atoms with Crippen LogP contribution in [0.3, 0.4) is 0 Å². The summed E-state index contributed by atoms with van der Waals surface area (Å²) in [5.74, 6) is -0.238. The van der Waals surface area contributed by atoms with Gasteiger partial charge in [-0.2, -0.15) is 5.26 Å². The van der Waals surface area contributed by atoms with Crippen LogP contribution in [0.5, 0.6) is 0 Å². The molecule has 0 aliphatic carbocycles. The minimum Gasteiger partial charge on any atom is -0.258 e. The van der Waals surface area contributed by atoms with E-state index in [9.17, 15) is 0 Å². The van der Waals surface area contributed by atoms with Crippen molar-refractivity contribution in [2.24, 2.45) is 0 Å². The standard InChI is InChI=1S/C11H13ClN2/c1-3-4-9-5-10(12)11(14-7-9)8(2)6-13/h5,7-8H,3-4H2,1-2H3. The number of hydrogen-bond acceptors (Lipinski definition) is 2. The molecular formula is C11H13ClN2. The van der Waals surface area contributed by atoms with Gasteiger partial charge in [-0.25, -0.2) is 0 Å². The minimum atomic E-state index is -0.238. The second-order valence-corrected chi connectivity index (χ2v) is 3.72. The van der Waals surface area contributed by atoms with Gasteiger partial charge in [0.15, 0.2) is 0 Å². The molecule has 0 amide bonds. The van der Waals surface area contributed by atoms with Crippen molar-refractivity contribution in [3.63, 3.8) is 0 Å². The zero-order valence-electron chi connectivity index (χ0n) is 8.42. The van der Waals surface area contributed by atoms with Gasteiger partial charge in [0.1, 0.15) is 0 Å². The number of halogens is 1. The first kappa shape index (κ1) is 11.0. The molecule has 2 nitrogen and oxygen atoms in total. The number of aromatic nitrogens is 1. The number of nitriles is 1. The van der Waals surface area contributed by atoms with Gasteiger partial charge in [-0.15, -0.1) is 0 Å². The highest BCUT2D eigenvalue weighted by Gasteiger charge is 2.10. The first-order valence-corrected chi connectivity index (χ1v) is 5.10. The van der Waals surface area contributed by atoms with Gasteiger partial charge in [0.25, 0.3) is 0 Å². The Morgan fingerprint density at radius 3 is 2.86 bits per heavy atom. The molecule has 74 valence electrons. The lowest BCUT2D eigenvalue weighted by Gasteiger charge is -2.06. The zero-order valence-corrected chi connectivity index (χ0v) is 9.17. The Labute approximate surface area is 89.5 Å². The molecule has 1 rings (SSSR count). The molecule has 1 aromatic heterocycles. The van der Waals surface area contributed by atoms with Gasteiger partial charge in [-0.3, -0.25) is 4.98 Å². The topological polar surface area (TPSA) is 36.7 Å². The van der Waals surface area contributed by atoms with Gasteiger partial charge < -0.3 is 0 Å². The number of nitrogens with zero attached hydrogens (tertiary/aromatic N) is 2. The van der Waals surface area contributed by atoms with Crippen molar-refractivity contribution in [2.75, 3.05) is 0 Å². The normalized spacial score (nSPS) is 12.1. The average molecular weight is 209 g/mol. The summed E-state index contributed by atoms with van der Waals surface area (Å²) >= 11 is 6.03. The third-order valence-electron chi connectivity index (χ3n) is 2.07. The van der Waals surface area contributed by atoms with Gasteiger partial charge >= 0.3 is 0 Å². The molecule has 1 aromatic rings.